The molecular formula is C8H14N2O. The Labute approximate surface area is 67.0 Å². The lowest BCUT2D eigenvalue weighted by molar-refractivity contribution is 0.425. The summed E-state index contributed by atoms with van der Waals surface area (Å²) in [6.07, 6.45) is 3.37. The first-order chi connectivity index (χ1) is 5.29. The Kier molecular flexibility index (Phi) is 2.98. The number of hydrogen-bond acceptors (Lipinski definition) is 3. The van der Waals surface area contributed by atoms with E-state index in [1.54, 1.807) is 12.5 Å². The van der Waals surface area contributed by atoms with Gasteiger partial charge in [0.25, 0.3) is 0 Å². The average Bonchev–Trinajstić information content (AvgIpc) is 2.39. The molecule has 0 aliphatic carbocycles. The zero-order valence-corrected chi connectivity index (χ0v) is 7.00. The first kappa shape index (κ1) is 8.14. The van der Waals surface area contributed by atoms with Gasteiger partial charge in [-0.05, 0) is 20.2 Å². The summed E-state index contributed by atoms with van der Waals surface area (Å²) in [6.45, 7) is 1.98. The Morgan fingerprint density at radius 3 is 2.91 bits per heavy atom. The van der Waals surface area contributed by atoms with E-state index >= 15 is 0 Å². The molecule has 0 aromatic carbocycles. The number of anilines is 1. The van der Waals surface area contributed by atoms with Crippen LogP contribution in [0.2, 0.25) is 0 Å². The third-order valence-electron chi connectivity index (χ3n) is 1.41. The fourth-order valence-electron chi connectivity index (χ4n) is 0.789. The monoisotopic (exact) mass is 154 g/mol. The van der Waals surface area contributed by atoms with E-state index in [1.165, 1.54) is 0 Å². The number of likely N-dealkylation sites (N-methyl/N-ethyl adjacent to an activating group) is 1. The highest BCUT2D eigenvalue weighted by molar-refractivity contribution is 5.38. The number of furan rings is 1. The topological polar surface area (TPSA) is 28.4 Å². The van der Waals surface area contributed by atoms with Gasteiger partial charge in [0.2, 0.25) is 0 Å². The smallest absolute Gasteiger partial charge is 0.113 e. The van der Waals surface area contributed by atoms with Crippen molar-refractivity contribution in [2.45, 2.75) is 0 Å². The Bertz CT molecular complexity index is 182. The fraction of sp³-hybridized carbons (Fsp3) is 0.500. The van der Waals surface area contributed by atoms with Gasteiger partial charge in [0.15, 0.2) is 0 Å². The largest absolute Gasteiger partial charge is 0.470 e. The van der Waals surface area contributed by atoms with Crippen molar-refractivity contribution < 1.29 is 4.42 Å². The summed E-state index contributed by atoms with van der Waals surface area (Å²) in [7, 11) is 4.11. The molecule has 0 unspecified atom stereocenters. The second-order valence-corrected chi connectivity index (χ2v) is 2.74. The lowest BCUT2D eigenvalue weighted by atomic mass is 10.5. The van der Waals surface area contributed by atoms with Gasteiger partial charge < -0.3 is 14.6 Å². The normalized spacial score (nSPS) is 10.5. The molecule has 3 heteroatoms. The van der Waals surface area contributed by atoms with Crippen LogP contribution in [0.15, 0.2) is 23.0 Å². The van der Waals surface area contributed by atoms with Crippen LogP contribution in [-0.2, 0) is 0 Å². The van der Waals surface area contributed by atoms with Crippen molar-refractivity contribution in [2.24, 2.45) is 0 Å². The average molecular weight is 154 g/mol. The summed E-state index contributed by atoms with van der Waals surface area (Å²) in [5.41, 5.74) is 1.05. The first-order valence-corrected chi connectivity index (χ1v) is 3.70. The van der Waals surface area contributed by atoms with Crippen molar-refractivity contribution in [3.05, 3.63) is 18.6 Å². The highest BCUT2D eigenvalue weighted by atomic mass is 16.3. The van der Waals surface area contributed by atoms with Gasteiger partial charge in [0, 0.05) is 13.1 Å². The molecule has 0 radical (unpaired) electrons. The Hall–Kier alpha value is -0.960. The molecule has 1 N–H and O–H groups in total. The molecule has 0 saturated carbocycles. The molecular weight excluding hydrogens is 140 g/mol. The molecule has 1 aromatic rings. The molecule has 0 amide bonds. The van der Waals surface area contributed by atoms with Crippen LogP contribution < -0.4 is 5.32 Å². The number of nitrogens with zero attached hydrogens (tertiary/aromatic N) is 1. The molecule has 11 heavy (non-hydrogen) atoms. The number of rotatable bonds is 4. The van der Waals surface area contributed by atoms with E-state index in [1.807, 2.05) is 6.07 Å². The van der Waals surface area contributed by atoms with Crippen LogP contribution in [0, 0.1) is 0 Å². The van der Waals surface area contributed by atoms with Crippen molar-refractivity contribution >= 4 is 5.69 Å². The van der Waals surface area contributed by atoms with Crippen molar-refractivity contribution in [2.75, 3.05) is 32.5 Å². The van der Waals surface area contributed by atoms with Gasteiger partial charge in [-0.3, -0.25) is 0 Å². The van der Waals surface area contributed by atoms with Crippen molar-refractivity contribution in [3.8, 4) is 0 Å². The lowest BCUT2D eigenvalue weighted by Crippen LogP contribution is -2.20. The molecule has 0 spiro atoms. The summed E-state index contributed by atoms with van der Waals surface area (Å²) in [6, 6.07) is 1.91. The van der Waals surface area contributed by atoms with Gasteiger partial charge >= 0.3 is 0 Å². The minimum absolute atomic E-state index is 0.951. The van der Waals surface area contributed by atoms with Crippen LogP contribution in [0.1, 0.15) is 0 Å². The molecule has 1 aromatic heterocycles. The molecule has 0 bridgehead atoms. The van der Waals surface area contributed by atoms with Gasteiger partial charge in [-0.15, -0.1) is 0 Å². The Balaban J connectivity index is 2.14. The molecule has 1 rings (SSSR count). The molecule has 0 atom stereocenters. The van der Waals surface area contributed by atoms with Gasteiger partial charge in [-0.2, -0.15) is 0 Å². The molecule has 0 aliphatic rings. The molecule has 1 heterocycles. The molecule has 3 nitrogen and oxygen atoms in total. The van der Waals surface area contributed by atoms with E-state index in [0.717, 1.165) is 18.8 Å². The summed E-state index contributed by atoms with van der Waals surface area (Å²) in [4.78, 5) is 2.13. The van der Waals surface area contributed by atoms with Gasteiger partial charge in [-0.25, -0.2) is 0 Å². The van der Waals surface area contributed by atoms with Gasteiger partial charge in [-0.1, -0.05) is 0 Å². The molecule has 0 saturated heterocycles. The van der Waals surface area contributed by atoms with Crippen molar-refractivity contribution in [1.29, 1.82) is 0 Å². The minimum atomic E-state index is 0.951. The molecule has 0 fully saturated rings. The molecule has 0 aliphatic heterocycles. The van der Waals surface area contributed by atoms with Gasteiger partial charge in [0.05, 0.1) is 12.0 Å². The zero-order valence-electron chi connectivity index (χ0n) is 7.00. The van der Waals surface area contributed by atoms with E-state index in [9.17, 15) is 0 Å². The Morgan fingerprint density at radius 2 is 2.36 bits per heavy atom. The SMILES string of the molecule is CN(C)CCNc1ccoc1. The van der Waals surface area contributed by atoms with Gasteiger partial charge in [0.1, 0.15) is 6.26 Å². The quantitative estimate of drug-likeness (QED) is 0.707. The summed E-state index contributed by atoms with van der Waals surface area (Å²) in [5, 5.41) is 3.22. The van der Waals surface area contributed by atoms with E-state index in [0.29, 0.717) is 0 Å². The standard InChI is InChI=1S/C8H14N2O/c1-10(2)5-4-9-8-3-6-11-7-8/h3,6-7,9H,4-5H2,1-2H3. The number of nitrogens with one attached hydrogen (secondary N) is 1. The number of hydrogen-bond donors (Lipinski definition) is 1. The predicted octanol–water partition coefficient (Wildman–Crippen LogP) is 1.25. The predicted molar refractivity (Wildman–Crippen MR) is 45.8 cm³/mol. The maximum Gasteiger partial charge on any atom is 0.113 e. The second-order valence-electron chi connectivity index (χ2n) is 2.74. The van der Waals surface area contributed by atoms with E-state index in [4.69, 9.17) is 4.42 Å². The maximum atomic E-state index is 4.90. The van der Waals surface area contributed by atoms with Crippen LogP contribution >= 0.6 is 0 Å². The highest BCUT2D eigenvalue weighted by Crippen LogP contribution is 2.04. The summed E-state index contributed by atoms with van der Waals surface area (Å²) >= 11 is 0. The maximum absolute atomic E-state index is 4.90. The third-order valence-corrected chi connectivity index (χ3v) is 1.41. The van der Waals surface area contributed by atoms with E-state index in [2.05, 4.69) is 24.3 Å². The second kappa shape index (κ2) is 4.03. The zero-order chi connectivity index (χ0) is 8.10. The van der Waals surface area contributed by atoms with Crippen molar-refractivity contribution in [3.63, 3.8) is 0 Å². The summed E-state index contributed by atoms with van der Waals surface area (Å²) in [5.74, 6) is 0. The van der Waals surface area contributed by atoms with Crippen LogP contribution in [0.3, 0.4) is 0 Å². The van der Waals surface area contributed by atoms with Crippen LogP contribution in [-0.4, -0.2) is 32.1 Å². The third kappa shape index (κ3) is 3.09. The fourth-order valence-corrected chi connectivity index (χ4v) is 0.789. The van der Waals surface area contributed by atoms with Crippen LogP contribution in [0.4, 0.5) is 5.69 Å². The van der Waals surface area contributed by atoms with E-state index < -0.39 is 0 Å². The van der Waals surface area contributed by atoms with Crippen molar-refractivity contribution in [1.82, 2.24) is 4.90 Å². The van der Waals surface area contributed by atoms with Crippen LogP contribution in [0.25, 0.3) is 0 Å². The lowest BCUT2D eigenvalue weighted by Gasteiger charge is -2.09. The van der Waals surface area contributed by atoms with Crippen LogP contribution in [0.5, 0.6) is 0 Å². The highest BCUT2D eigenvalue weighted by Gasteiger charge is 1.92. The first-order valence-electron chi connectivity index (χ1n) is 3.70. The minimum Gasteiger partial charge on any atom is -0.470 e. The molecule has 62 valence electrons. The Morgan fingerprint density at radius 1 is 1.55 bits per heavy atom. The van der Waals surface area contributed by atoms with E-state index in [-0.39, 0.29) is 0 Å². The summed E-state index contributed by atoms with van der Waals surface area (Å²) < 4.78 is 4.90.